The Labute approximate surface area is 114 Å². The van der Waals surface area contributed by atoms with Gasteiger partial charge in [-0.25, -0.2) is 4.79 Å². The molecular weight excluding hydrogens is 248 g/mol. The van der Waals surface area contributed by atoms with E-state index in [1.54, 1.807) is 34.8 Å². The molecule has 0 spiro atoms. The highest BCUT2D eigenvalue weighted by atomic mass is 16.5. The number of amides is 2. The van der Waals surface area contributed by atoms with Crippen molar-refractivity contribution < 1.29 is 19.4 Å². The minimum atomic E-state index is -1.08. The third-order valence-electron chi connectivity index (χ3n) is 3.75. The summed E-state index contributed by atoms with van der Waals surface area (Å²) in [6.07, 6.45) is 0. The molecule has 19 heavy (non-hydrogen) atoms. The predicted molar refractivity (Wildman–Crippen MR) is 73.1 cm³/mol. The van der Waals surface area contributed by atoms with E-state index in [0.29, 0.717) is 6.54 Å². The topological polar surface area (TPSA) is 87.7 Å². The van der Waals surface area contributed by atoms with Crippen LogP contribution in [0.1, 0.15) is 41.5 Å². The number of carbonyl (C=O) groups excluding carboxylic acids is 1. The number of nitrogens with one attached hydrogen (secondary N) is 2. The number of rotatable bonds is 6. The van der Waals surface area contributed by atoms with Crippen molar-refractivity contribution in [1.82, 2.24) is 10.6 Å². The number of aliphatic carboxylic acids is 1. The standard InChI is InChI=1S/C13H26N2O4/c1-11(2,19-7)8-14-10(18)15-13(5,6)12(3,4)9(16)17/h8H2,1-7H3,(H,16,17)(H2,14,15,18). The van der Waals surface area contributed by atoms with E-state index in [2.05, 4.69) is 10.6 Å². The second-order valence-electron chi connectivity index (χ2n) is 6.33. The van der Waals surface area contributed by atoms with Gasteiger partial charge in [-0.05, 0) is 41.5 Å². The van der Waals surface area contributed by atoms with E-state index in [9.17, 15) is 14.7 Å². The zero-order chi connectivity index (χ0) is 15.5. The van der Waals surface area contributed by atoms with Crippen molar-refractivity contribution >= 4 is 12.0 Å². The molecule has 0 aromatic carbocycles. The normalized spacial score (nSPS) is 13.0. The van der Waals surface area contributed by atoms with Gasteiger partial charge in [0, 0.05) is 13.7 Å². The Balaban J connectivity index is 4.60. The lowest BCUT2D eigenvalue weighted by Crippen LogP contribution is -2.59. The Morgan fingerprint density at radius 1 is 1.11 bits per heavy atom. The van der Waals surface area contributed by atoms with Crippen LogP contribution < -0.4 is 10.6 Å². The molecule has 0 aromatic heterocycles. The zero-order valence-electron chi connectivity index (χ0n) is 12.9. The maximum Gasteiger partial charge on any atom is 0.315 e. The second-order valence-corrected chi connectivity index (χ2v) is 6.33. The van der Waals surface area contributed by atoms with Crippen LogP contribution in [-0.4, -0.2) is 41.9 Å². The molecule has 0 heterocycles. The number of ether oxygens (including phenoxy) is 1. The van der Waals surface area contributed by atoms with Crippen LogP contribution in [0.15, 0.2) is 0 Å². The summed E-state index contributed by atoms with van der Waals surface area (Å²) in [4.78, 5) is 23.0. The van der Waals surface area contributed by atoms with E-state index in [1.165, 1.54) is 0 Å². The van der Waals surface area contributed by atoms with Gasteiger partial charge in [-0.2, -0.15) is 0 Å². The average Bonchev–Trinajstić information content (AvgIpc) is 2.25. The number of urea groups is 1. The van der Waals surface area contributed by atoms with E-state index in [4.69, 9.17) is 4.74 Å². The number of hydrogen-bond donors (Lipinski definition) is 3. The van der Waals surface area contributed by atoms with Crippen molar-refractivity contribution in [2.75, 3.05) is 13.7 Å². The van der Waals surface area contributed by atoms with E-state index in [0.717, 1.165) is 0 Å². The van der Waals surface area contributed by atoms with Crippen LogP contribution in [-0.2, 0) is 9.53 Å². The molecule has 0 aliphatic carbocycles. The Hall–Kier alpha value is -1.30. The second kappa shape index (κ2) is 5.77. The molecule has 0 rings (SSSR count). The molecule has 0 atom stereocenters. The molecule has 0 bridgehead atoms. The molecule has 0 saturated carbocycles. The minimum Gasteiger partial charge on any atom is -0.481 e. The number of carboxylic acids is 1. The predicted octanol–water partition coefficient (Wildman–Crippen LogP) is 1.60. The lowest BCUT2D eigenvalue weighted by molar-refractivity contribution is -0.150. The summed E-state index contributed by atoms with van der Waals surface area (Å²) < 4.78 is 5.19. The van der Waals surface area contributed by atoms with Gasteiger partial charge in [0.1, 0.15) is 0 Å². The summed E-state index contributed by atoms with van der Waals surface area (Å²) in [6.45, 7) is 10.5. The molecule has 0 unspecified atom stereocenters. The fourth-order valence-electron chi connectivity index (χ4n) is 1.12. The Kier molecular flexibility index (Phi) is 5.38. The SMILES string of the molecule is COC(C)(C)CNC(=O)NC(C)(C)C(C)(C)C(=O)O. The van der Waals surface area contributed by atoms with Gasteiger partial charge in [-0.1, -0.05) is 0 Å². The van der Waals surface area contributed by atoms with Gasteiger partial charge < -0.3 is 20.5 Å². The highest BCUT2D eigenvalue weighted by Crippen LogP contribution is 2.30. The van der Waals surface area contributed by atoms with Gasteiger partial charge in [0.25, 0.3) is 0 Å². The zero-order valence-corrected chi connectivity index (χ0v) is 12.9. The molecule has 0 fully saturated rings. The average molecular weight is 274 g/mol. The van der Waals surface area contributed by atoms with Crippen molar-refractivity contribution in [3.8, 4) is 0 Å². The third kappa shape index (κ3) is 4.70. The Bertz CT molecular complexity index is 349. The molecule has 0 saturated heterocycles. The van der Waals surface area contributed by atoms with Crippen molar-refractivity contribution in [3.63, 3.8) is 0 Å². The van der Waals surface area contributed by atoms with Crippen LogP contribution in [0.5, 0.6) is 0 Å². The first-order chi connectivity index (χ1) is 8.35. The molecule has 6 heteroatoms. The van der Waals surface area contributed by atoms with Crippen LogP contribution in [0.3, 0.4) is 0 Å². The summed E-state index contributed by atoms with van der Waals surface area (Å²) in [5, 5.41) is 14.6. The first kappa shape index (κ1) is 17.7. The van der Waals surface area contributed by atoms with Crippen LogP contribution in [0.25, 0.3) is 0 Å². The monoisotopic (exact) mass is 274 g/mol. The highest BCUT2D eigenvalue weighted by Gasteiger charge is 2.44. The van der Waals surface area contributed by atoms with Gasteiger partial charge in [0.05, 0.1) is 16.6 Å². The highest BCUT2D eigenvalue weighted by molar-refractivity contribution is 5.79. The fraction of sp³-hybridized carbons (Fsp3) is 0.846. The van der Waals surface area contributed by atoms with Gasteiger partial charge >= 0.3 is 12.0 Å². The maximum atomic E-state index is 11.8. The molecule has 0 radical (unpaired) electrons. The summed E-state index contributed by atoms with van der Waals surface area (Å²) >= 11 is 0. The molecule has 0 aromatic rings. The van der Waals surface area contributed by atoms with Crippen molar-refractivity contribution in [1.29, 1.82) is 0 Å². The minimum absolute atomic E-state index is 0.332. The van der Waals surface area contributed by atoms with Crippen molar-refractivity contribution in [2.24, 2.45) is 5.41 Å². The summed E-state index contributed by atoms with van der Waals surface area (Å²) in [5.74, 6) is -0.963. The van der Waals surface area contributed by atoms with E-state index in [-0.39, 0.29) is 0 Å². The lowest BCUT2D eigenvalue weighted by atomic mass is 9.74. The summed E-state index contributed by atoms with van der Waals surface area (Å²) in [7, 11) is 1.57. The van der Waals surface area contributed by atoms with Gasteiger partial charge in [-0.15, -0.1) is 0 Å². The Morgan fingerprint density at radius 3 is 1.95 bits per heavy atom. The van der Waals surface area contributed by atoms with E-state index >= 15 is 0 Å². The van der Waals surface area contributed by atoms with Gasteiger partial charge in [0.15, 0.2) is 0 Å². The van der Waals surface area contributed by atoms with Crippen LogP contribution in [0.2, 0.25) is 0 Å². The summed E-state index contributed by atoms with van der Waals surface area (Å²) in [5.41, 5.74) is -2.44. The van der Waals surface area contributed by atoms with Gasteiger partial charge in [-0.3, -0.25) is 4.79 Å². The molecule has 0 aliphatic rings. The van der Waals surface area contributed by atoms with Crippen molar-refractivity contribution in [2.45, 2.75) is 52.7 Å². The third-order valence-corrected chi connectivity index (χ3v) is 3.75. The van der Waals surface area contributed by atoms with E-state index < -0.39 is 28.6 Å². The lowest BCUT2D eigenvalue weighted by Gasteiger charge is -2.39. The van der Waals surface area contributed by atoms with Crippen LogP contribution in [0.4, 0.5) is 4.79 Å². The molecule has 0 aliphatic heterocycles. The van der Waals surface area contributed by atoms with E-state index in [1.807, 2.05) is 13.8 Å². The van der Waals surface area contributed by atoms with Crippen LogP contribution >= 0.6 is 0 Å². The first-order valence-corrected chi connectivity index (χ1v) is 6.20. The smallest absolute Gasteiger partial charge is 0.315 e. The van der Waals surface area contributed by atoms with Crippen LogP contribution in [0, 0.1) is 5.41 Å². The molecule has 6 nitrogen and oxygen atoms in total. The number of methoxy groups -OCH3 is 1. The first-order valence-electron chi connectivity index (χ1n) is 6.20. The number of carboxylic acid groups (broad SMARTS) is 1. The Morgan fingerprint density at radius 2 is 1.58 bits per heavy atom. The van der Waals surface area contributed by atoms with Crippen molar-refractivity contribution in [3.05, 3.63) is 0 Å². The number of carbonyl (C=O) groups is 2. The molecule has 112 valence electrons. The number of hydrogen-bond acceptors (Lipinski definition) is 3. The van der Waals surface area contributed by atoms with Gasteiger partial charge in [0.2, 0.25) is 0 Å². The molecular formula is C13H26N2O4. The molecule has 3 N–H and O–H groups in total. The molecule has 2 amide bonds. The maximum absolute atomic E-state index is 11.8. The fourth-order valence-corrected chi connectivity index (χ4v) is 1.12. The summed E-state index contributed by atoms with van der Waals surface area (Å²) in [6, 6.07) is -0.413. The largest absolute Gasteiger partial charge is 0.481 e. The quantitative estimate of drug-likeness (QED) is 0.686.